The van der Waals surface area contributed by atoms with Crippen molar-refractivity contribution in [3.63, 3.8) is 0 Å². The number of hydrogen-bond donors (Lipinski definition) is 0. The van der Waals surface area contributed by atoms with Crippen LogP contribution in [0.4, 0.5) is 13.2 Å². The van der Waals surface area contributed by atoms with Crippen LogP contribution in [0.1, 0.15) is 16.5 Å². The van der Waals surface area contributed by atoms with Gasteiger partial charge in [-0.1, -0.05) is 12.1 Å². The summed E-state index contributed by atoms with van der Waals surface area (Å²) < 4.78 is 61.8. The number of alkyl halides is 3. The van der Waals surface area contributed by atoms with Crippen molar-refractivity contribution in [1.29, 1.82) is 0 Å². The molecule has 0 spiro atoms. The Labute approximate surface area is 113 Å². The van der Waals surface area contributed by atoms with E-state index in [-0.39, 0.29) is 0 Å². The molecule has 1 saturated heterocycles. The molecule has 1 aliphatic rings. The number of nitrogens with zero attached hydrogens (tertiary/aromatic N) is 1. The molecule has 0 saturated carbocycles. The first kappa shape index (κ1) is 14.7. The van der Waals surface area contributed by atoms with Crippen molar-refractivity contribution in [3.8, 4) is 0 Å². The molecule has 0 amide bonds. The number of benzene rings is 1. The molecule has 1 fully saturated rings. The zero-order valence-corrected chi connectivity index (χ0v) is 11.6. The minimum absolute atomic E-state index is 0.384. The van der Waals surface area contributed by atoms with E-state index in [1.54, 1.807) is 0 Å². The van der Waals surface area contributed by atoms with Crippen molar-refractivity contribution >= 4 is 21.8 Å². The summed E-state index contributed by atoms with van der Waals surface area (Å²) in [6.45, 7) is 0.384. The molecule has 8 heteroatoms. The van der Waals surface area contributed by atoms with E-state index < -0.39 is 27.1 Å². The molecule has 1 aromatic rings. The number of hydrogen-bond acceptors (Lipinski definition) is 3. The predicted octanol–water partition coefficient (Wildman–Crippen LogP) is 2.71. The lowest BCUT2D eigenvalue weighted by molar-refractivity contribution is -0.137. The molecule has 1 heterocycles. The predicted molar refractivity (Wildman–Crippen MR) is 68.2 cm³/mol. The van der Waals surface area contributed by atoms with Gasteiger partial charge in [0.25, 0.3) is 0 Å². The van der Waals surface area contributed by atoms with Crippen LogP contribution in [0.5, 0.6) is 0 Å². The second-order valence-electron chi connectivity index (χ2n) is 4.22. The van der Waals surface area contributed by atoms with E-state index in [4.69, 9.17) is 0 Å². The number of sulfonamides is 1. The standard InChI is InChI=1S/C11H12F3NO2S2/c1-19(16,17)15-6-7-18-10(15)8-2-4-9(5-3-8)11(12,13)14/h2-5,10H,6-7H2,1H3. The van der Waals surface area contributed by atoms with Crippen LogP contribution in [0.3, 0.4) is 0 Å². The quantitative estimate of drug-likeness (QED) is 0.843. The molecular weight excluding hydrogens is 299 g/mol. The highest BCUT2D eigenvalue weighted by atomic mass is 32.2. The van der Waals surface area contributed by atoms with E-state index in [2.05, 4.69) is 0 Å². The highest BCUT2D eigenvalue weighted by molar-refractivity contribution is 8.00. The normalized spacial score (nSPS) is 21.8. The van der Waals surface area contributed by atoms with Crippen molar-refractivity contribution in [2.24, 2.45) is 0 Å². The van der Waals surface area contributed by atoms with Gasteiger partial charge in [0, 0.05) is 12.3 Å². The van der Waals surface area contributed by atoms with Gasteiger partial charge in [0.15, 0.2) is 0 Å². The highest BCUT2D eigenvalue weighted by Gasteiger charge is 2.34. The van der Waals surface area contributed by atoms with E-state index in [0.29, 0.717) is 17.9 Å². The third-order valence-corrected chi connectivity index (χ3v) is 5.44. The van der Waals surface area contributed by atoms with Crippen molar-refractivity contribution in [1.82, 2.24) is 4.31 Å². The van der Waals surface area contributed by atoms with Crippen LogP contribution in [0.15, 0.2) is 24.3 Å². The molecule has 0 bridgehead atoms. The van der Waals surface area contributed by atoms with Gasteiger partial charge in [0.2, 0.25) is 10.0 Å². The number of halogens is 3. The third kappa shape index (κ3) is 3.24. The van der Waals surface area contributed by atoms with Crippen molar-refractivity contribution < 1.29 is 21.6 Å². The summed E-state index contributed by atoms with van der Waals surface area (Å²) in [5, 5.41) is -0.433. The third-order valence-electron chi connectivity index (χ3n) is 2.80. The fraction of sp³-hybridized carbons (Fsp3) is 0.455. The summed E-state index contributed by atoms with van der Waals surface area (Å²) >= 11 is 1.41. The first-order chi connectivity index (χ1) is 8.69. The molecular formula is C11H12F3NO2S2. The minimum Gasteiger partial charge on any atom is -0.212 e. The van der Waals surface area contributed by atoms with Crippen LogP contribution in [0, 0.1) is 0 Å². The highest BCUT2D eigenvalue weighted by Crippen LogP contribution is 2.40. The van der Waals surface area contributed by atoms with Crippen molar-refractivity contribution in [3.05, 3.63) is 35.4 Å². The van der Waals surface area contributed by atoms with Crippen LogP contribution >= 0.6 is 11.8 Å². The lowest BCUT2D eigenvalue weighted by Gasteiger charge is -2.21. The zero-order chi connectivity index (χ0) is 14.3. The number of rotatable bonds is 2. The molecule has 1 atom stereocenters. The zero-order valence-electron chi connectivity index (χ0n) is 10.0. The lowest BCUT2D eigenvalue weighted by Crippen LogP contribution is -2.29. The second-order valence-corrected chi connectivity index (χ2v) is 7.34. The Morgan fingerprint density at radius 2 is 1.84 bits per heavy atom. The van der Waals surface area contributed by atoms with Crippen LogP contribution in [0.2, 0.25) is 0 Å². The maximum atomic E-state index is 12.5. The molecule has 19 heavy (non-hydrogen) atoms. The summed E-state index contributed by atoms with van der Waals surface area (Å²) in [5.41, 5.74) is -0.161. The molecule has 0 radical (unpaired) electrons. The maximum absolute atomic E-state index is 12.5. The first-order valence-electron chi connectivity index (χ1n) is 5.45. The van der Waals surface area contributed by atoms with Crippen LogP contribution < -0.4 is 0 Å². The first-order valence-corrected chi connectivity index (χ1v) is 8.35. The smallest absolute Gasteiger partial charge is 0.212 e. The van der Waals surface area contributed by atoms with Gasteiger partial charge in [-0.25, -0.2) is 8.42 Å². The maximum Gasteiger partial charge on any atom is 0.416 e. The molecule has 0 aliphatic carbocycles. The van der Waals surface area contributed by atoms with Crippen LogP contribution in [-0.4, -0.2) is 31.3 Å². The molecule has 1 unspecified atom stereocenters. The summed E-state index contributed by atoms with van der Waals surface area (Å²) in [4.78, 5) is 0. The van der Waals surface area contributed by atoms with Gasteiger partial charge in [0.05, 0.1) is 17.2 Å². The Morgan fingerprint density at radius 1 is 1.26 bits per heavy atom. The molecule has 2 rings (SSSR count). The monoisotopic (exact) mass is 311 g/mol. The van der Waals surface area contributed by atoms with Crippen molar-refractivity contribution in [2.75, 3.05) is 18.6 Å². The Balaban J connectivity index is 2.28. The SMILES string of the molecule is CS(=O)(=O)N1CCSC1c1ccc(C(F)(F)F)cc1. The molecule has 1 aromatic carbocycles. The van der Waals surface area contributed by atoms with Crippen molar-refractivity contribution in [2.45, 2.75) is 11.6 Å². The van der Waals surface area contributed by atoms with E-state index >= 15 is 0 Å². The van der Waals surface area contributed by atoms with E-state index in [0.717, 1.165) is 18.4 Å². The van der Waals surface area contributed by atoms with Crippen LogP contribution in [-0.2, 0) is 16.2 Å². The Kier molecular flexibility index (Phi) is 3.85. The van der Waals surface area contributed by atoms with Gasteiger partial charge in [-0.3, -0.25) is 0 Å². The van der Waals surface area contributed by atoms with E-state index in [1.807, 2.05) is 0 Å². The molecule has 1 aliphatic heterocycles. The van der Waals surface area contributed by atoms with Gasteiger partial charge in [-0.05, 0) is 17.7 Å². The summed E-state index contributed by atoms with van der Waals surface area (Å²) in [6.07, 6.45) is -3.27. The Bertz CT molecular complexity index is 554. The van der Waals surface area contributed by atoms with Crippen LogP contribution in [0.25, 0.3) is 0 Å². The molecule has 0 aromatic heterocycles. The topological polar surface area (TPSA) is 37.4 Å². The van der Waals surface area contributed by atoms with Gasteiger partial charge in [-0.2, -0.15) is 17.5 Å². The summed E-state index contributed by atoms with van der Waals surface area (Å²) in [5.74, 6) is 0.638. The fourth-order valence-corrected chi connectivity index (χ4v) is 4.70. The Morgan fingerprint density at radius 3 is 2.32 bits per heavy atom. The largest absolute Gasteiger partial charge is 0.416 e. The summed E-state index contributed by atoms with van der Waals surface area (Å²) in [6, 6.07) is 4.64. The summed E-state index contributed by atoms with van der Waals surface area (Å²) in [7, 11) is -3.35. The fourth-order valence-electron chi connectivity index (χ4n) is 1.89. The van der Waals surface area contributed by atoms with E-state index in [1.165, 1.54) is 28.2 Å². The van der Waals surface area contributed by atoms with Gasteiger partial charge >= 0.3 is 6.18 Å². The minimum atomic E-state index is -4.38. The van der Waals surface area contributed by atoms with Gasteiger partial charge in [-0.15, -0.1) is 11.8 Å². The average Bonchev–Trinajstić information content (AvgIpc) is 2.76. The number of thioether (sulfide) groups is 1. The lowest BCUT2D eigenvalue weighted by atomic mass is 10.1. The second kappa shape index (κ2) is 4.99. The van der Waals surface area contributed by atoms with Gasteiger partial charge in [0.1, 0.15) is 0 Å². The van der Waals surface area contributed by atoms with E-state index in [9.17, 15) is 21.6 Å². The van der Waals surface area contributed by atoms with Gasteiger partial charge < -0.3 is 0 Å². The molecule has 106 valence electrons. The average molecular weight is 311 g/mol. The Hall–Kier alpha value is -0.730. The molecule has 3 nitrogen and oxygen atoms in total. The molecule has 0 N–H and O–H groups in total.